The molecule has 0 heterocycles. The zero-order chi connectivity index (χ0) is 14.9. The highest BCUT2D eigenvalue weighted by molar-refractivity contribution is 5.36. The number of halogens is 4. The largest absolute Gasteiger partial charge is 0.309 e. The standard InChI is InChI=1S/C15H13F4N/c1-8-5-11(14(19)7-12(8)17)15(20-2)10-4-3-9(16)6-13(10)18/h3-7,15,20H,1-2H3. The van der Waals surface area contributed by atoms with Crippen LogP contribution in [0, 0.1) is 30.2 Å². The quantitative estimate of drug-likeness (QED) is 0.843. The first-order valence-electron chi connectivity index (χ1n) is 6.01. The van der Waals surface area contributed by atoms with Crippen LogP contribution in [-0.2, 0) is 0 Å². The highest BCUT2D eigenvalue weighted by atomic mass is 19.1. The number of rotatable bonds is 3. The Labute approximate surface area is 114 Å². The summed E-state index contributed by atoms with van der Waals surface area (Å²) in [6.07, 6.45) is 0. The Kier molecular flexibility index (Phi) is 4.09. The zero-order valence-electron chi connectivity index (χ0n) is 11.0. The molecule has 0 aliphatic carbocycles. The average Bonchev–Trinajstić information content (AvgIpc) is 2.38. The normalized spacial score (nSPS) is 12.5. The third-order valence-electron chi connectivity index (χ3n) is 3.15. The van der Waals surface area contributed by atoms with Crippen molar-refractivity contribution in [2.75, 3.05) is 7.05 Å². The fraction of sp³-hybridized carbons (Fsp3) is 0.200. The van der Waals surface area contributed by atoms with Crippen molar-refractivity contribution in [3.05, 3.63) is 70.3 Å². The summed E-state index contributed by atoms with van der Waals surface area (Å²) in [7, 11) is 1.52. The molecule has 0 fully saturated rings. The van der Waals surface area contributed by atoms with Gasteiger partial charge in [-0.3, -0.25) is 0 Å². The fourth-order valence-electron chi connectivity index (χ4n) is 2.11. The Morgan fingerprint density at radius 3 is 2.10 bits per heavy atom. The van der Waals surface area contributed by atoms with Crippen LogP contribution in [-0.4, -0.2) is 7.05 Å². The van der Waals surface area contributed by atoms with Crippen LogP contribution in [0.5, 0.6) is 0 Å². The van der Waals surface area contributed by atoms with Crippen molar-refractivity contribution >= 4 is 0 Å². The van der Waals surface area contributed by atoms with E-state index in [2.05, 4.69) is 5.32 Å². The van der Waals surface area contributed by atoms with Gasteiger partial charge >= 0.3 is 0 Å². The van der Waals surface area contributed by atoms with Crippen molar-refractivity contribution < 1.29 is 17.6 Å². The van der Waals surface area contributed by atoms with Crippen LogP contribution in [0.2, 0.25) is 0 Å². The third-order valence-corrected chi connectivity index (χ3v) is 3.15. The minimum atomic E-state index is -0.824. The van der Waals surface area contributed by atoms with Gasteiger partial charge in [0.25, 0.3) is 0 Å². The van der Waals surface area contributed by atoms with Gasteiger partial charge in [0.05, 0.1) is 6.04 Å². The van der Waals surface area contributed by atoms with E-state index in [9.17, 15) is 17.6 Å². The molecule has 1 unspecified atom stereocenters. The second-order valence-electron chi connectivity index (χ2n) is 4.51. The van der Waals surface area contributed by atoms with Crippen molar-refractivity contribution in [3.63, 3.8) is 0 Å². The topological polar surface area (TPSA) is 12.0 Å². The molecule has 2 rings (SSSR count). The Morgan fingerprint density at radius 1 is 0.850 bits per heavy atom. The molecular weight excluding hydrogens is 270 g/mol. The van der Waals surface area contributed by atoms with Gasteiger partial charge in [0.1, 0.15) is 23.3 Å². The van der Waals surface area contributed by atoms with E-state index in [4.69, 9.17) is 0 Å². The Balaban J connectivity index is 2.55. The van der Waals surface area contributed by atoms with Gasteiger partial charge in [-0.1, -0.05) is 6.07 Å². The lowest BCUT2D eigenvalue weighted by Gasteiger charge is -2.19. The van der Waals surface area contributed by atoms with E-state index in [1.807, 2.05) is 0 Å². The molecule has 0 saturated carbocycles. The second-order valence-corrected chi connectivity index (χ2v) is 4.51. The van der Waals surface area contributed by atoms with Crippen LogP contribution in [0.25, 0.3) is 0 Å². The third kappa shape index (κ3) is 2.67. The molecule has 1 atom stereocenters. The molecule has 2 aromatic carbocycles. The predicted octanol–water partition coefficient (Wildman–Crippen LogP) is 3.86. The molecule has 0 saturated heterocycles. The molecule has 0 spiro atoms. The number of benzene rings is 2. The number of nitrogens with one attached hydrogen (secondary N) is 1. The van der Waals surface area contributed by atoms with E-state index >= 15 is 0 Å². The summed E-state index contributed by atoms with van der Waals surface area (Å²) in [6, 6.07) is 4.31. The summed E-state index contributed by atoms with van der Waals surface area (Å²) < 4.78 is 53.9. The number of hydrogen-bond donors (Lipinski definition) is 1. The van der Waals surface area contributed by atoms with Gasteiger partial charge in [0.15, 0.2) is 0 Å². The lowest BCUT2D eigenvalue weighted by Crippen LogP contribution is -2.20. The molecule has 0 amide bonds. The summed E-state index contributed by atoms with van der Waals surface area (Å²) in [5, 5.41) is 2.76. The molecule has 1 N–H and O–H groups in total. The zero-order valence-corrected chi connectivity index (χ0v) is 11.0. The molecule has 0 aliphatic rings. The summed E-state index contributed by atoms with van der Waals surface area (Å²) >= 11 is 0. The van der Waals surface area contributed by atoms with Gasteiger partial charge in [-0.25, -0.2) is 17.6 Å². The van der Waals surface area contributed by atoms with Gasteiger partial charge in [-0.05, 0) is 31.7 Å². The highest BCUT2D eigenvalue weighted by Gasteiger charge is 2.21. The second kappa shape index (κ2) is 5.63. The van der Waals surface area contributed by atoms with E-state index in [1.54, 1.807) is 0 Å². The molecule has 1 nitrogen and oxygen atoms in total. The SMILES string of the molecule is CNC(c1ccc(F)cc1F)c1cc(C)c(F)cc1F. The molecule has 2 aromatic rings. The molecule has 5 heteroatoms. The summed E-state index contributed by atoms with van der Waals surface area (Å²) in [6.45, 7) is 1.49. The minimum absolute atomic E-state index is 0.0961. The van der Waals surface area contributed by atoms with E-state index in [0.29, 0.717) is 0 Å². The average molecular weight is 283 g/mol. The summed E-state index contributed by atoms with van der Waals surface area (Å²) in [5.74, 6) is -2.94. The fourth-order valence-corrected chi connectivity index (χ4v) is 2.11. The van der Waals surface area contributed by atoms with Gasteiger partial charge < -0.3 is 5.32 Å². The van der Waals surface area contributed by atoms with Gasteiger partial charge in [0.2, 0.25) is 0 Å². The van der Waals surface area contributed by atoms with Gasteiger partial charge in [-0.2, -0.15) is 0 Å². The van der Waals surface area contributed by atoms with Crippen LogP contribution in [0.15, 0.2) is 30.3 Å². The summed E-state index contributed by atoms with van der Waals surface area (Å²) in [4.78, 5) is 0. The van der Waals surface area contributed by atoms with Crippen molar-refractivity contribution in [1.29, 1.82) is 0 Å². The van der Waals surface area contributed by atoms with Crippen LogP contribution >= 0.6 is 0 Å². The molecule has 0 bridgehead atoms. The molecule has 20 heavy (non-hydrogen) atoms. The highest BCUT2D eigenvalue weighted by Crippen LogP contribution is 2.28. The molecule has 0 radical (unpaired) electrons. The Bertz CT molecular complexity index is 640. The van der Waals surface area contributed by atoms with Crippen LogP contribution in [0.3, 0.4) is 0 Å². The van der Waals surface area contributed by atoms with Crippen molar-refractivity contribution in [2.45, 2.75) is 13.0 Å². The maximum Gasteiger partial charge on any atom is 0.131 e. The minimum Gasteiger partial charge on any atom is -0.309 e. The Morgan fingerprint density at radius 2 is 1.50 bits per heavy atom. The van der Waals surface area contributed by atoms with Gasteiger partial charge in [0, 0.05) is 23.3 Å². The maximum absolute atomic E-state index is 13.9. The van der Waals surface area contributed by atoms with Crippen molar-refractivity contribution in [1.82, 2.24) is 5.32 Å². The molecule has 0 aliphatic heterocycles. The smallest absolute Gasteiger partial charge is 0.131 e. The van der Waals surface area contributed by atoms with Crippen LogP contribution in [0.1, 0.15) is 22.7 Å². The van der Waals surface area contributed by atoms with Crippen LogP contribution < -0.4 is 5.32 Å². The van der Waals surface area contributed by atoms with Crippen molar-refractivity contribution in [3.8, 4) is 0 Å². The first kappa shape index (κ1) is 14.5. The lowest BCUT2D eigenvalue weighted by molar-refractivity contribution is 0.525. The lowest BCUT2D eigenvalue weighted by atomic mass is 9.96. The van der Waals surface area contributed by atoms with E-state index in [-0.39, 0.29) is 16.7 Å². The van der Waals surface area contributed by atoms with E-state index in [0.717, 1.165) is 18.2 Å². The molecule has 0 aromatic heterocycles. The molecule has 106 valence electrons. The Hall–Kier alpha value is -1.88. The number of hydrogen-bond acceptors (Lipinski definition) is 1. The predicted molar refractivity (Wildman–Crippen MR) is 68.4 cm³/mol. The van der Waals surface area contributed by atoms with Crippen LogP contribution in [0.4, 0.5) is 17.6 Å². The molecular formula is C15H13F4N. The van der Waals surface area contributed by atoms with E-state index in [1.165, 1.54) is 26.1 Å². The summed E-state index contributed by atoms with van der Waals surface area (Å²) in [5.41, 5.74) is 0.458. The first-order valence-corrected chi connectivity index (χ1v) is 6.01. The van der Waals surface area contributed by atoms with Crippen molar-refractivity contribution in [2.24, 2.45) is 0 Å². The van der Waals surface area contributed by atoms with Gasteiger partial charge in [-0.15, -0.1) is 0 Å². The maximum atomic E-state index is 13.9. The first-order chi connectivity index (χ1) is 9.43. The number of aryl methyl sites for hydroxylation is 1. The monoisotopic (exact) mass is 283 g/mol. The van der Waals surface area contributed by atoms with E-state index < -0.39 is 29.3 Å².